The van der Waals surface area contributed by atoms with Crippen molar-refractivity contribution in [2.45, 2.75) is 76.5 Å². The van der Waals surface area contributed by atoms with E-state index in [-0.39, 0.29) is 50.5 Å². The van der Waals surface area contributed by atoms with Crippen LogP contribution in [0.25, 0.3) is 0 Å². The van der Waals surface area contributed by atoms with Gasteiger partial charge in [0, 0.05) is 13.0 Å². The third-order valence-electron chi connectivity index (χ3n) is 4.95. The summed E-state index contributed by atoms with van der Waals surface area (Å²) >= 11 is 0. The lowest BCUT2D eigenvalue weighted by Gasteiger charge is -2.25. The van der Waals surface area contributed by atoms with Gasteiger partial charge >= 0.3 is 11.9 Å². The number of amides is 4. The van der Waals surface area contributed by atoms with E-state index in [0.717, 1.165) is 0 Å². The van der Waals surface area contributed by atoms with Gasteiger partial charge in [0.1, 0.15) is 18.1 Å². The monoisotopic (exact) mass is 530 g/mol. The van der Waals surface area contributed by atoms with Crippen molar-refractivity contribution >= 4 is 41.5 Å². The van der Waals surface area contributed by atoms with Gasteiger partial charge < -0.3 is 49.1 Å². The van der Waals surface area contributed by atoms with Gasteiger partial charge in [-0.1, -0.05) is 13.8 Å². The third-order valence-corrected chi connectivity index (χ3v) is 4.95. The molecule has 37 heavy (non-hydrogen) atoms. The molecule has 4 unspecified atom stereocenters. The molecule has 0 fully saturated rings. The van der Waals surface area contributed by atoms with Gasteiger partial charge in [0.15, 0.2) is 5.96 Å². The van der Waals surface area contributed by atoms with Crippen LogP contribution in [0.3, 0.4) is 0 Å². The number of rotatable bonds is 18. The maximum atomic E-state index is 12.9. The van der Waals surface area contributed by atoms with Crippen molar-refractivity contribution in [3.05, 3.63) is 0 Å². The first-order chi connectivity index (χ1) is 17.1. The second-order valence-electron chi connectivity index (χ2n) is 8.81. The number of aliphatic imine (C=N–C) groups is 1. The number of carbonyl (C=O) groups is 6. The molecule has 0 bridgehead atoms. The molecule has 0 saturated carbocycles. The molecule has 0 aliphatic heterocycles. The van der Waals surface area contributed by atoms with Gasteiger partial charge in [0.2, 0.25) is 23.6 Å². The molecule has 0 saturated heterocycles. The van der Waals surface area contributed by atoms with Gasteiger partial charge in [-0.2, -0.15) is 0 Å². The highest BCUT2D eigenvalue weighted by molar-refractivity contribution is 5.95. The van der Waals surface area contributed by atoms with Crippen molar-refractivity contribution in [1.82, 2.24) is 16.0 Å². The highest BCUT2D eigenvalue weighted by atomic mass is 16.4. The molecule has 13 N–H and O–H groups in total. The number of guanidine groups is 1. The highest BCUT2D eigenvalue weighted by Gasteiger charge is 2.31. The number of nitrogens with zero attached hydrogens (tertiary/aromatic N) is 1. The second-order valence-corrected chi connectivity index (χ2v) is 8.81. The first-order valence-electron chi connectivity index (χ1n) is 11.6. The quantitative estimate of drug-likeness (QED) is 0.0480. The van der Waals surface area contributed by atoms with Gasteiger partial charge in [0.25, 0.3) is 0 Å². The number of hydrogen-bond acceptors (Lipinski definition) is 8. The summed E-state index contributed by atoms with van der Waals surface area (Å²) in [7, 11) is 0. The number of carboxylic acid groups (broad SMARTS) is 2. The molecule has 4 atom stereocenters. The molecule has 0 heterocycles. The molecule has 0 aliphatic rings. The number of hydrogen-bond donors (Lipinski definition) is 9. The minimum atomic E-state index is -1.57. The van der Waals surface area contributed by atoms with E-state index in [1.165, 1.54) is 0 Å². The number of nitrogens with two attached hydrogens (primary N) is 4. The van der Waals surface area contributed by atoms with E-state index in [1.54, 1.807) is 0 Å². The van der Waals surface area contributed by atoms with Crippen LogP contribution in [-0.4, -0.2) is 82.5 Å². The summed E-state index contributed by atoms with van der Waals surface area (Å²) in [5.74, 6) is -6.43. The van der Waals surface area contributed by atoms with Crippen molar-refractivity contribution in [2.24, 2.45) is 33.8 Å². The Kier molecular flexibility index (Phi) is 14.9. The molecule has 16 heteroatoms. The Balaban J connectivity index is 5.67. The Hall–Kier alpha value is -3.95. The summed E-state index contributed by atoms with van der Waals surface area (Å²) in [5, 5.41) is 25.4. The standard InChI is InChI=1S/C21H38N8O8/c1-10(2)8-11(22)17(33)29-14(9-16(31)32)19(35)27-12(4-3-7-26-21(24)25)18(34)28-13(20(36)37)5-6-15(23)30/h10-14H,3-9,22H2,1-2H3,(H2,23,30)(H,27,35)(H,28,34)(H,29,33)(H,31,32)(H,36,37)(H4,24,25,26). The lowest BCUT2D eigenvalue weighted by Crippen LogP contribution is -2.57. The van der Waals surface area contributed by atoms with Crippen molar-refractivity contribution in [2.75, 3.05) is 6.54 Å². The SMILES string of the molecule is CC(C)CC(N)C(=O)NC(CC(=O)O)C(=O)NC(CCCN=C(N)N)C(=O)NC(CCC(N)=O)C(=O)O. The molecule has 0 rings (SSSR count). The lowest BCUT2D eigenvalue weighted by atomic mass is 10.0. The maximum absolute atomic E-state index is 12.9. The largest absolute Gasteiger partial charge is 0.481 e. The first-order valence-corrected chi connectivity index (χ1v) is 11.6. The van der Waals surface area contributed by atoms with Gasteiger partial charge in [-0.15, -0.1) is 0 Å². The number of carbonyl (C=O) groups excluding carboxylic acids is 4. The second kappa shape index (κ2) is 16.7. The molecule has 16 nitrogen and oxygen atoms in total. The average molecular weight is 531 g/mol. The van der Waals surface area contributed by atoms with E-state index in [1.807, 2.05) is 13.8 Å². The van der Waals surface area contributed by atoms with E-state index in [2.05, 4.69) is 20.9 Å². The number of aliphatic carboxylic acids is 2. The molecule has 4 amide bonds. The minimum Gasteiger partial charge on any atom is -0.481 e. The highest BCUT2D eigenvalue weighted by Crippen LogP contribution is 2.06. The Morgan fingerprint density at radius 1 is 0.811 bits per heavy atom. The van der Waals surface area contributed by atoms with Crippen LogP contribution in [0.5, 0.6) is 0 Å². The molecular weight excluding hydrogens is 492 g/mol. The van der Waals surface area contributed by atoms with Crippen LogP contribution in [-0.2, 0) is 28.8 Å². The predicted molar refractivity (Wildman–Crippen MR) is 131 cm³/mol. The summed E-state index contributed by atoms with van der Waals surface area (Å²) in [6.45, 7) is 3.73. The predicted octanol–water partition coefficient (Wildman–Crippen LogP) is -3.31. The zero-order chi connectivity index (χ0) is 28.7. The van der Waals surface area contributed by atoms with E-state index < -0.39 is 66.2 Å². The molecule has 0 aromatic carbocycles. The van der Waals surface area contributed by atoms with E-state index >= 15 is 0 Å². The molecule has 0 aromatic heterocycles. The van der Waals surface area contributed by atoms with Crippen LogP contribution in [0.2, 0.25) is 0 Å². The zero-order valence-electron chi connectivity index (χ0n) is 20.9. The molecule has 0 aromatic rings. The van der Waals surface area contributed by atoms with Gasteiger partial charge in [0.05, 0.1) is 12.5 Å². The average Bonchev–Trinajstić information content (AvgIpc) is 2.76. The molecule has 0 aliphatic carbocycles. The fraction of sp³-hybridized carbons (Fsp3) is 0.667. The number of nitrogens with one attached hydrogen (secondary N) is 3. The lowest BCUT2D eigenvalue weighted by molar-refractivity contribution is -0.143. The molecule has 0 radical (unpaired) electrons. The van der Waals surface area contributed by atoms with Crippen LogP contribution in [0.4, 0.5) is 0 Å². The fourth-order valence-corrected chi connectivity index (χ4v) is 3.14. The Labute approximate surface area is 214 Å². The van der Waals surface area contributed by atoms with E-state index in [0.29, 0.717) is 0 Å². The summed E-state index contributed by atoms with van der Waals surface area (Å²) in [6.07, 6.45) is -1.03. The van der Waals surface area contributed by atoms with E-state index in [4.69, 9.17) is 22.9 Å². The normalized spacial score (nSPS) is 13.9. The van der Waals surface area contributed by atoms with Crippen LogP contribution in [0.1, 0.15) is 52.4 Å². The summed E-state index contributed by atoms with van der Waals surface area (Å²) in [4.78, 5) is 75.7. The summed E-state index contributed by atoms with van der Waals surface area (Å²) in [6, 6.07) is -5.40. The summed E-state index contributed by atoms with van der Waals surface area (Å²) in [5.41, 5.74) is 21.4. The Bertz CT molecular complexity index is 859. The zero-order valence-corrected chi connectivity index (χ0v) is 20.9. The van der Waals surface area contributed by atoms with Crippen molar-refractivity contribution in [3.63, 3.8) is 0 Å². The van der Waals surface area contributed by atoms with Gasteiger partial charge in [-0.3, -0.25) is 29.0 Å². The van der Waals surface area contributed by atoms with Crippen LogP contribution >= 0.6 is 0 Å². The van der Waals surface area contributed by atoms with Crippen LogP contribution in [0, 0.1) is 5.92 Å². The van der Waals surface area contributed by atoms with Gasteiger partial charge in [-0.25, -0.2) is 4.79 Å². The first kappa shape index (κ1) is 33.0. The van der Waals surface area contributed by atoms with Crippen molar-refractivity contribution in [1.29, 1.82) is 0 Å². The molecular formula is C21H38N8O8. The van der Waals surface area contributed by atoms with Gasteiger partial charge in [-0.05, 0) is 31.6 Å². The smallest absolute Gasteiger partial charge is 0.326 e. The summed E-state index contributed by atoms with van der Waals surface area (Å²) < 4.78 is 0. The minimum absolute atomic E-state index is 0.0579. The molecule has 210 valence electrons. The van der Waals surface area contributed by atoms with E-state index in [9.17, 15) is 39.0 Å². The number of primary amides is 1. The van der Waals surface area contributed by atoms with Crippen molar-refractivity contribution < 1.29 is 39.0 Å². The Morgan fingerprint density at radius 2 is 1.35 bits per heavy atom. The fourth-order valence-electron chi connectivity index (χ4n) is 3.14. The van der Waals surface area contributed by atoms with Crippen molar-refractivity contribution in [3.8, 4) is 0 Å². The van der Waals surface area contributed by atoms with Crippen LogP contribution < -0.4 is 38.9 Å². The molecule has 0 spiro atoms. The number of carboxylic acids is 2. The third kappa shape index (κ3) is 14.9. The van der Waals surface area contributed by atoms with Crippen LogP contribution in [0.15, 0.2) is 4.99 Å². The Morgan fingerprint density at radius 3 is 1.84 bits per heavy atom. The topological polar surface area (TPSA) is 295 Å². The maximum Gasteiger partial charge on any atom is 0.326 e.